The molecule has 0 heterocycles. The van der Waals surface area contributed by atoms with E-state index in [9.17, 15) is 26.3 Å². The Hall–Kier alpha value is -2.62. The van der Waals surface area contributed by atoms with Gasteiger partial charge in [-0.25, -0.2) is 13.2 Å². The van der Waals surface area contributed by atoms with Crippen LogP contribution < -0.4 is 4.74 Å². The number of rotatable bonds is 9. The van der Waals surface area contributed by atoms with Crippen LogP contribution in [0.5, 0.6) is 5.75 Å². The minimum atomic E-state index is -5.24. The molecular weight excluding hydrogens is 556 g/mol. The van der Waals surface area contributed by atoms with Crippen molar-refractivity contribution in [1.82, 2.24) is 0 Å². The first kappa shape index (κ1) is 31.3. The Morgan fingerprint density at radius 3 is 1.93 bits per heavy atom. The summed E-state index contributed by atoms with van der Waals surface area (Å²) >= 11 is 0. The molecule has 2 saturated carbocycles. The van der Waals surface area contributed by atoms with Crippen LogP contribution in [-0.2, 0) is 11.2 Å². The summed E-state index contributed by atoms with van der Waals surface area (Å²) in [5.41, 5.74) is 1.57. The van der Waals surface area contributed by atoms with Crippen molar-refractivity contribution in [3.8, 4) is 5.75 Å². The van der Waals surface area contributed by atoms with Crippen molar-refractivity contribution < 1.29 is 44.6 Å². The Labute approximate surface area is 234 Å². The van der Waals surface area contributed by atoms with Crippen LogP contribution in [0.3, 0.4) is 0 Å². The largest absolute Gasteiger partial charge is 0.573 e. The summed E-state index contributed by atoms with van der Waals surface area (Å²) in [6, 6.07) is 6.75. The van der Waals surface area contributed by atoms with Crippen LogP contribution in [0.15, 0.2) is 42.5 Å². The smallest absolute Gasteiger partial charge is 0.399 e. The van der Waals surface area contributed by atoms with Crippen molar-refractivity contribution in [3.63, 3.8) is 0 Å². The van der Waals surface area contributed by atoms with Gasteiger partial charge in [-0.3, -0.25) is 0 Å². The van der Waals surface area contributed by atoms with Crippen LogP contribution in [-0.4, -0.2) is 18.6 Å². The van der Waals surface area contributed by atoms with Crippen molar-refractivity contribution in [2.24, 2.45) is 5.92 Å². The molecule has 0 bridgehead atoms. The van der Waals surface area contributed by atoms with Crippen molar-refractivity contribution >= 4 is 0 Å². The Morgan fingerprint density at radius 2 is 1.37 bits per heavy atom. The van der Waals surface area contributed by atoms with Crippen molar-refractivity contribution in [1.29, 1.82) is 0 Å². The van der Waals surface area contributed by atoms with E-state index in [4.69, 9.17) is 4.74 Å². The molecule has 10 heteroatoms. The predicted octanol–water partition coefficient (Wildman–Crippen LogP) is 10.1. The topological polar surface area (TPSA) is 18.5 Å². The third-order valence-corrected chi connectivity index (χ3v) is 8.17. The molecule has 226 valence electrons. The number of allylic oxidation sites excluding steroid dienone is 2. The molecule has 2 fully saturated rings. The standard InChI is InChI=1S/C31H34F8O2/c1-2-3-4-5-19-6-15-25(26(32)16-19)21-7-11-23(12-8-21)30(35,36)40-24-13-9-20(10-14-24)22-17-27(33)29(28(34)18-22)41-31(37,38)39/h3-4,6,15-18,20-21,23-24H,2,5,7-14H2,1H3/b4-3-. The maximum atomic E-state index is 15.1. The van der Waals surface area contributed by atoms with E-state index in [0.717, 1.165) is 24.1 Å². The molecule has 2 aromatic rings. The maximum Gasteiger partial charge on any atom is 0.573 e. The van der Waals surface area contributed by atoms with Crippen molar-refractivity contribution in [2.45, 2.75) is 102 Å². The summed E-state index contributed by atoms with van der Waals surface area (Å²) in [5, 5.41) is 0. The lowest BCUT2D eigenvalue weighted by Gasteiger charge is -2.37. The minimum absolute atomic E-state index is 0.133. The van der Waals surface area contributed by atoms with Gasteiger partial charge in [-0.2, -0.15) is 8.78 Å². The highest BCUT2D eigenvalue weighted by Gasteiger charge is 2.45. The average Bonchev–Trinajstić information content (AvgIpc) is 2.91. The lowest BCUT2D eigenvalue weighted by atomic mass is 9.77. The second kappa shape index (κ2) is 13.1. The third-order valence-electron chi connectivity index (χ3n) is 8.17. The normalized spacial score (nSPS) is 24.1. The van der Waals surface area contributed by atoms with Gasteiger partial charge >= 0.3 is 12.5 Å². The van der Waals surface area contributed by atoms with E-state index in [1.54, 1.807) is 6.07 Å². The van der Waals surface area contributed by atoms with E-state index in [0.29, 0.717) is 24.8 Å². The van der Waals surface area contributed by atoms with Gasteiger partial charge in [-0.15, -0.1) is 13.2 Å². The SMILES string of the molecule is CC/C=C\Cc1ccc(C2CCC(C(F)(F)OC3CCC(c4cc(F)c(OC(F)(F)F)c(F)c4)CC3)CC2)c(F)c1. The molecule has 0 aliphatic heterocycles. The van der Waals surface area contributed by atoms with Crippen LogP contribution in [0.25, 0.3) is 0 Å². The molecule has 0 unspecified atom stereocenters. The van der Waals surface area contributed by atoms with Crippen LogP contribution in [0, 0.1) is 23.4 Å². The monoisotopic (exact) mass is 590 g/mol. The highest BCUT2D eigenvalue weighted by molar-refractivity contribution is 5.33. The zero-order valence-electron chi connectivity index (χ0n) is 22.8. The fourth-order valence-corrected chi connectivity index (χ4v) is 6.02. The first-order valence-electron chi connectivity index (χ1n) is 14.1. The summed E-state index contributed by atoms with van der Waals surface area (Å²) in [6.45, 7) is 2.02. The van der Waals surface area contributed by atoms with E-state index >= 15 is 8.78 Å². The van der Waals surface area contributed by atoms with Gasteiger partial charge in [0.1, 0.15) is 5.82 Å². The summed E-state index contributed by atoms with van der Waals surface area (Å²) in [6.07, 6.45) is -1.58. The summed E-state index contributed by atoms with van der Waals surface area (Å²) in [5.74, 6) is -6.32. The van der Waals surface area contributed by atoms with Crippen LogP contribution in [0.4, 0.5) is 35.1 Å². The lowest BCUT2D eigenvalue weighted by Crippen LogP contribution is -2.38. The van der Waals surface area contributed by atoms with E-state index < -0.39 is 47.8 Å². The molecular formula is C31H34F8O2. The van der Waals surface area contributed by atoms with Gasteiger partial charge in [0, 0.05) is 0 Å². The first-order valence-corrected chi connectivity index (χ1v) is 14.1. The highest BCUT2D eigenvalue weighted by Crippen LogP contribution is 2.46. The molecule has 0 aromatic heterocycles. The molecule has 0 radical (unpaired) electrons. The molecule has 0 amide bonds. The number of alkyl halides is 5. The molecule has 2 aliphatic rings. The van der Waals surface area contributed by atoms with Gasteiger partial charge in [-0.05, 0) is 111 Å². The minimum Gasteiger partial charge on any atom is -0.399 e. The number of hydrogen-bond donors (Lipinski definition) is 0. The molecule has 2 aliphatic carbocycles. The van der Waals surface area contributed by atoms with Crippen LogP contribution >= 0.6 is 0 Å². The molecule has 2 nitrogen and oxygen atoms in total. The van der Waals surface area contributed by atoms with E-state index in [1.807, 2.05) is 25.1 Å². The molecule has 2 aromatic carbocycles. The van der Waals surface area contributed by atoms with E-state index in [2.05, 4.69) is 4.74 Å². The number of benzene rings is 2. The Kier molecular flexibility index (Phi) is 10.0. The number of halogens is 8. The fourth-order valence-electron chi connectivity index (χ4n) is 6.02. The van der Waals surface area contributed by atoms with E-state index in [1.165, 1.54) is 6.07 Å². The van der Waals surface area contributed by atoms with Gasteiger partial charge in [-0.1, -0.05) is 31.2 Å². The predicted molar refractivity (Wildman–Crippen MR) is 138 cm³/mol. The summed E-state index contributed by atoms with van der Waals surface area (Å²) in [7, 11) is 0. The Morgan fingerprint density at radius 1 is 0.756 bits per heavy atom. The molecule has 0 atom stereocenters. The Bertz CT molecular complexity index is 1170. The summed E-state index contributed by atoms with van der Waals surface area (Å²) < 4.78 is 119. The second-order valence-electron chi connectivity index (χ2n) is 11.0. The Balaban J connectivity index is 1.28. The van der Waals surface area contributed by atoms with Gasteiger partial charge in [0.05, 0.1) is 12.0 Å². The van der Waals surface area contributed by atoms with Gasteiger partial charge < -0.3 is 9.47 Å². The molecule has 41 heavy (non-hydrogen) atoms. The number of ether oxygens (including phenoxy) is 2. The molecule has 0 N–H and O–H groups in total. The quantitative estimate of drug-likeness (QED) is 0.214. The lowest BCUT2D eigenvalue weighted by molar-refractivity contribution is -0.300. The van der Waals surface area contributed by atoms with Crippen LogP contribution in [0.1, 0.15) is 93.2 Å². The third kappa shape index (κ3) is 8.23. The molecule has 4 rings (SSSR count). The maximum absolute atomic E-state index is 15.1. The van der Waals surface area contributed by atoms with E-state index in [-0.39, 0.29) is 55.8 Å². The molecule has 0 spiro atoms. The van der Waals surface area contributed by atoms with Gasteiger partial charge in [0.25, 0.3) is 0 Å². The zero-order valence-corrected chi connectivity index (χ0v) is 22.8. The van der Waals surface area contributed by atoms with Crippen molar-refractivity contribution in [2.75, 3.05) is 0 Å². The fraction of sp³-hybridized carbons (Fsp3) is 0.548. The summed E-state index contributed by atoms with van der Waals surface area (Å²) in [4.78, 5) is 0. The number of hydrogen-bond acceptors (Lipinski definition) is 2. The molecule has 0 saturated heterocycles. The van der Waals surface area contributed by atoms with Crippen molar-refractivity contribution in [3.05, 3.63) is 76.6 Å². The van der Waals surface area contributed by atoms with Crippen LogP contribution in [0.2, 0.25) is 0 Å². The average molecular weight is 591 g/mol. The first-order chi connectivity index (χ1) is 19.4. The zero-order chi connectivity index (χ0) is 29.8. The van der Waals surface area contributed by atoms with Gasteiger partial charge in [0.15, 0.2) is 11.6 Å². The highest BCUT2D eigenvalue weighted by atomic mass is 19.4. The second-order valence-corrected chi connectivity index (χ2v) is 11.0. The van der Waals surface area contributed by atoms with Gasteiger partial charge in [0.2, 0.25) is 5.75 Å².